The maximum Gasteiger partial charge on any atom is 0.309 e. The number of carbonyl (C=O) groups is 1. The van der Waals surface area contributed by atoms with E-state index in [2.05, 4.69) is 0 Å². The van der Waals surface area contributed by atoms with Gasteiger partial charge in [0.1, 0.15) is 5.82 Å². The minimum atomic E-state index is -3.51. The van der Waals surface area contributed by atoms with E-state index in [1.807, 2.05) is 13.0 Å². The highest BCUT2D eigenvalue weighted by Gasteiger charge is 2.27. The van der Waals surface area contributed by atoms with Crippen LogP contribution in [0.2, 0.25) is 0 Å². The number of rotatable bonds is 5. The van der Waals surface area contributed by atoms with Crippen LogP contribution in [0.15, 0.2) is 53.4 Å². The van der Waals surface area contributed by atoms with Crippen LogP contribution in [0.4, 0.5) is 4.39 Å². The lowest BCUT2D eigenvalue weighted by molar-refractivity contribution is -0.139. The van der Waals surface area contributed by atoms with Gasteiger partial charge in [-0.2, -0.15) is 4.31 Å². The molecule has 1 aliphatic rings. The Hall–Kier alpha value is -2.77. The van der Waals surface area contributed by atoms with Crippen molar-refractivity contribution >= 4 is 26.8 Å². The average Bonchev–Trinajstić information content (AvgIpc) is 3.30. The van der Waals surface area contributed by atoms with Crippen molar-refractivity contribution in [3.05, 3.63) is 65.5 Å². The van der Waals surface area contributed by atoms with E-state index in [0.29, 0.717) is 18.5 Å². The van der Waals surface area contributed by atoms with E-state index in [4.69, 9.17) is 4.74 Å². The molecule has 0 aliphatic carbocycles. The van der Waals surface area contributed by atoms with Crippen molar-refractivity contribution in [1.29, 1.82) is 0 Å². The van der Waals surface area contributed by atoms with Crippen molar-refractivity contribution in [3.8, 4) is 11.1 Å². The molecular weight excluding hydrogens is 417 g/mol. The largest absolute Gasteiger partial charge is 0.469 e. The molecule has 1 fully saturated rings. The lowest BCUT2D eigenvalue weighted by Crippen LogP contribution is -2.27. The fraction of sp³-hybridized carbons (Fsp3) is 0.292. The highest BCUT2D eigenvalue weighted by atomic mass is 32.2. The summed E-state index contributed by atoms with van der Waals surface area (Å²) in [6.45, 7) is 2.97. The van der Waals surface area contributed by atoms with Gasteiger partial charge in [0, 0.05) is 13.1 Å². The third-order valence-electron chi connectivity index (χ3n) is 5.88. The highest BCUT2D eigenvalue weighted by Crippen LogP contribution is 2.36. The van der Waals surface area contributed by atoms with Gasteiger partial charge in [0.05, 0.1) is 18.4 Å². The van der Waals surface area contributed by atoms with E-state index in [9.17, 15) is 17.6 Å². The Morgan fingerprint density at radius 1 is 1.06 bits per heavy atom. The molecule has 3 aromatic carbocycles. The van der Waals surface area contributed by atoms with E-state index >= 15 is 0 Å². The first kappa shape index (κ1) is 21.5. The van der Waals surface area contributed by atoms with Crippen LogP contribution >= 0.6 is 0 Å². The van der Waals surface area contributed by atoms with Crippen LogP contribution in [0.3, 0.4) is 0 Å². The fourth-order valence-electron chi connectivity index (χ4n) is 4.18. The first-order valence-electron chi connectivity index (χ1n) is 10.2. The maximum atomic E-state index is 14.1. The first-order chi connectivity index (χ1) is 14.8. The van der Waals surface area contributed by atoms with Crippen molar-refractivity contribution in [2.24, 2.45) is 0 Å². The van der Waals surface area contributed by atoms with Gasteiger partial charge in [-0.05, 0) is 77.1 Å². The van der Waals surface area contributed by atoms with Gasteiger partial charge >= 0.3 is 5.97 Å². The van der Waals surface area contributed by atoms with E-state index in [1.165, 1.54) is 23.5 Å². The molecule has 0 unspecified atom stereocenters. The molecule has 4 rings (SSSR count). The molecule has 3 aromatic rings. The zero-order valence-corrected chi connectivity index (χ0v) is 18.3. The zero-order chi connectivity index (χ0) is 22.2. The number of ether oxygens (including phenoxy) is 1. The smallest absolute Gasteiger partial charge is 0.309 e. The zero-order valence-electron chi connectivity index (χ0n) is 17.5. The number of methoxy groups -OCH3 is 1. The summed E-state index contributed by atoms with van der Waals surface area (Å²) in [6, 6.07) is 13.1. The second-order valence-corrected chi connectivity index (χ2v) is 9.73. The normalized spacial score (nSPS) is 14.8. The van der Waals surface area contributed by atoms with Crippen molar-refractivity contribution in [2.45, 2.75) is 31.1 Å². The Morgan fingerprint density at radius 2 is 1.74 bits per heavy atom. The summed E-state index contributed by atoms with van der Waals surface area (Å²) in [4.78, 5) is 12.1. The Morgan fingerprint density at radius 3 is 2.39 bits per heavy atom. The predicted octanol–water partition coefficient (Wildman–Crippen LogP) is 4.45. The van der Waals surface area contributed by atoms with Crippen LogP contribution in [-0.2, 0) is 26.0 Å². The molecule has 0 atom stereocenters. The van der Waals surface area contributed by atoms with Crippen molar-refractivity contribution < 1.29 is 22.3 Å². The highest BCUT2D eigenvalue weighted by molar-refractivity contribution is 7.89. The molecule has 1 saturated heterocycles. The van der Waals surface area contributed by atoms with Crippen molar-refractivity contribution in [2.75, 3.05) is 20.2 Å². The third kappa shape index (κ3) is 4.07. The number of carbonyl (C=O) groups excluding carboxylic acids is 1. The van der Waals surface area contributed by atoms with Crippen LogP contribution in [0, 0.1) is 12.7 Å². The third-order valence-corrected chi connectivity index (χ3v) is 7.79. The minimum Gasteiger partial charge on any atom is -0.469 e. The number of benzene rings is 3. The number of fused-ring (bicyclic) bond motifs is 1. The molecule has 0 spiro atoms. The number of nitrogens with zero attached hydrogens (tertiary/aromatic N) is 1. The van der Waals surface area contributed by atoms with Gasteiger partial charge < -0.3 is 4.74 Å². The number of sulfonamides is 1. The van der Waals surface area contributed by atoms with Crippen molar-refractivity contribution in [3.63, 3.8) is 0 Å². The number of halogens is 1. The van der Waals surface area contributed by atoms with E-state index in [-0.39, 0.29) is 23.1 Å². The lowest BCUT2D eigenvalue weighted by Gasteiger charge is -2.18. The Kier molecular flexibility index (Phi) is 5.81. The SMILES string of the molecule is COC(=O)Cc1cc2ccc(F)cc2c(-c2ccc(S(=O)(=O)N3CCCC3)cc2)c1C. The minimum absolute atomic E-state index is 0.101. The summed E-state index contributed by atoms with van der Waals surface area (Å²) in [7, 11) is -2.17. The number of esters is 1. The average molecular weight is 442 g/mol. The Labute approximate surface area is 181 Å². The molecule has 5 nitrogen and oxygen atoms in total. The molecule has 7 heteroatoms. The molecule has 31 heavy (non-hydrogen) atoms. The maximum absolute atomic E-state index is 14.1. The topological polar surface area (TPSA) is 63.7 Å². The first-order valence-corrected chi connectivity index (χ1v) is 11.6. The molecule has 1 heterocycles. The molecule has 0 bridgehead atoms. The quantitative estimate of drug-likeness (QED) is 0.549. The standard InChI is InChI=1S/C24H24FNO4S/c1-16-19(14-23(27)30-2)13-18-5-8-20(25)15-22(18)24(16)17-6-9-21(10-7-17)31(28,29)26-11-3-4-12-26/h5-10,13,15H,3-4,11-12,14H2,1-2H3. The number of hydrogen-bond acceptors (Lipinski definition) is 4. The van der Waals surface area contributed by atoms with E-state index < -0.39 is 10.0 Å². The summed E-state index contributed by atoms with van der Waals surface area (Å²) in [6.07, 6.45) is 1.85. The van der Waals surface area contributed by atoms with Gasteiger partial charge in [0.15, 0.2) is 0 Å². The molecule has 0 N–H and O–H groups in total. The number of hydrogen-bond donors (Lipinski definition) is 0. The van der Waals surface area contributed by atoms with Crippen LogP contribution in [0.1, 0.15) is 24.0 Å². The Balaban J connectivity index is 1.83. The molecule has 0 amide bonds. The van der Waals surface area contributed by atoms with Gasteiger partial charge in [0.25, 0.3) is 0 Å². The summed E-state index contributed by atoms with van der Waals surface area (Å²) in [5.41, 5.74) is 3.16. The fourth-order valence-corrected chi connectivity index (χ4v) is 5.70. The molecule has 0 radical (unpaired) electrons. The molecule has 0 saturated carbocycles. The van der Waals surface area contributed by atoms with Gasteiger partial charge in [-0.25, -0.2) is 12.8 Å². The van der Waals surface area contributed by atoms with E-state index in [0.717, 1.165) is 40.5 Å². The molecular formula is C24H24FNO4S. The van der Waals surface area contributed by atoms with Gasteiger partial charge in [0.2, 0.25) is 10.0 Å². The lowest BCUT2D eigenvalue weighted by atomic mass is 9.89. The summed E-state index contributed by atoms with van der Waals surface area (Å²) < 4.78 is 46.1. The second kappa shape index (κ2) is 8.40. The predicted molar refractivity (Wildman–Crippen MR) is 118 cm³/mol. The molecule has 162 valence electrons. The van der Waals surface area contributed by atoms with Crippen LogP contribution in [-0.4, -0.2) is 38.9 Å². The van der Waals surface area contributed by atoms with Gasteiger partial charge in [-0.15, -0.1) is 0 Å². The monoisotopic (exact) mass is 441 g/mol. The summed E-state index contributed by atoms with van der Waals surface area (Å²) in [5.74, 6) is -0.718. The second-order valence-electron chi connectivity index (χ2n) is 7.79. The van der Waals surface area contributed by atoms with Gasteiger partial charge in [-0.1, -0.05) is 24.3 Å². The van der Waals surface area contributed by atoms with Crippen LogP contribution in [0.5, 0.6) is 0 Å². The summed E-state index contributed by atoms with van der Waals surface area (Å²) in [5, 5.41) is 1.51. The molecule has 1 aliphatic heterocycles. The summed E-state index contributed by atoms with van der Waals surface area (Å²) >= 11 is 0. The van der Waals surface area contributed by atoms with Crippen molar-refractivity contribution in [1.82, 2.24) is 4.31 Å². The van der Waals surface area contributed by atoms with Crippen LogP contribution < -0.4 is 0 Å². The Bertz CT molecular complexity index is 1250. The molecule has 0 aromatic heterocycles. The van der Waals surface area contributed by atoms with Gasteiger partial charge in [-0.3, -0.25) is 4.79 Å². The van der Waals surface area contributed by atoms with Crippen LogP contribution in [0.25, 0.3) is 21.9 Å². The van der Waals surface area contributed by atoms with E-state index in [1.54, 1.807) is 30.3 Å².